The van der Waals surface area contributed by atoms with E-state index in [4.69, 9.17) is 16.0 Å². The first kappa shape index (κ1) is 16.7. The summed E-state index contributed by atoms with van der Waals surface area (Å²) in [5, 5.41) is 10.8. The Morgan fingerprint density at radius 1 is 1.21 bits per heavy atom. The molecule has 0 aliphatic heterocycles. The van der Waals surface area contributed by atoms with Gasteiger partial charge in [-0.15, -0.1) is 0 Å². The van der Waals surface area contributed by atoms with Crippen LogP contribution in [-0.2, 0) is 4.43 Å². The SMILES string of the molecule is C[C@H](O)[C@H](O[Si](C)(C)C(C)(C)C)c1ccccc1Cl. The average Bonchev–Trinajstić information content (AvgIpc) is 2.25. The van der Waals surface area contributed by atoms with Crippen LogP contribution in [-0.4, -0.2) is 19.5 Å². The Bertz CT molecular complexity index is 424. The minimum Gasteiger partial charge on any atom is -0.407 e. The fraction of sp³-hybridized carbons (Fsp3) is 0.600. The summed E-state index contributed by atoms with van der Waals surface area (Å²) in [4.78, 5) is 0. The molecule has 1 aromatic carbocycles. The van der Waals surface area contributed by atoms with E-state index in [1.165, 1.54) is 0 Å². The molecule has 0 bridgehead atoms. The summed E-state index contributed by atoms with van der Waals surface area (Å²) in [6.45, 7) is 12.7. The van der Waals surface area contributed by atoms with Gasteiger partial charge < -0.3 is 9.53 Å². The Kier molecular flexibility index (Phi) is 5.24. The lowest BCUT2D eigenvalue weighted by atomic mass is 10.1. The highest BCUT2D eigenvalue weighted by atomic mass is 35.5. The zero-order valence-electron chi connectivity index (χ0n) is 12.7. The fourth-order valence-electron chi connectivity index (χ4n) is 1.62. The number of halogens is 1. The zero-order chi connectivity index (χ0) is 14.8. The van der Waals surface area contributed by atoms with E-state index >= 15 is 0 Å². The molecule has 0 unspecified atom stereocenters. The monoisotopic (exact) mass is 300 g/mol. The molecule has 0 saturated carbocycles. The van der Waals surface area contributed by atoms with Crippen LogP contribution in [0.5, 0.6) is 0 Å². The van der Waals surface area contributed by atoms with Crippen LogP contribution in [0.1, 0.15) is 39.4 Å². The maximum absolute atomic E-state index is 10.1. The summed E-state index contributed by atoms with van der Waals surface area (Å²) in [6, 6.07) is 7.57. The van der Waals surface area contributed by atoms with Gasteiger partial charge in [0.05, 0.1) is 12.2 Å². The minimum atomic E-state index is -1.96. The van der Waals surface area contributed by atoms with E-state index in [1.807, 2.05) is 24.3 Å². The summed E-state index contributed by atoms with van der Waals surface area (Å²) in [6.07, 6.45) is -0.955. The number of aliphatic hydroxyl groups is 1. The molecule has 108 valence electrons. The smallest absolute Gasteiger partial charge is 0.193 e. The molecule has 1 aromatic rings. The van der Waals surface area contributed by atoms with E-state index in [1.54, 1.807) is 6.92 Å². The summed E-state index contributed by atoms with van der Waals surface area (Å²) in [5.41, 5.74) is 0.865. The molecule has 2 nitrogen and oxygen atoms in total. The van der Waals surface area contributed by atoms with Gasteiger partial charge in [0.15, 0.2) is 8.32 Å². The number of aliphatic hydroxyl groups excluding tert-OH is 1. The zero-order valence-corrected chi connectivity index (χ0v) is 14.5. The summed E-state index contributed by atoms with van der Waals surface area (Å²) in [5.74, 6) is 0. The first-order valence-corrected chi connectivity index (χ1v) is 9.95. The van der Waals surface area contributed by atoms with Gasteiger partial charge in [0.2, 0.25) is 0 Å². The molecule has 0 saturated heterocycles. The van der Waals surface area contributed by atoms with E-state index in [0.29, 0.717) is 5.02 Å². The second-order valence-corrected chi connectivity index (χ2v) is 11.7. The van der Waals surface area contributed by atoms with Crippen molar-refractivity contribution in [3.05, 3.63) is 34.9 Å². The van der Waals surface area contributed by atoms with Crippen molar-refractivity contribution in [3.8, 4) is 0 Å². The maximum atomic E-state index is 10.1. The van der Waals surface area contributed by atoms with Crippen molar-refractivity contribution < 1.29 is 9.53 Å². The van der Waals surface area contributed by atoms with Crippen LogP contribution < -0.4 is 0 Å². The third kappa shape index (κ3) is 4.05. The van der Waals surface area contributed by atoms with Crippen molar-refractivity contribution in [2.75, 3.05) is 0 Å². The van der Waals surface area contributed by atoms with Crippen molar-refractivity contribution in [2.45, 2.75) is 58.0 Å². The number of benzene rings is 1. The third-order valence-corrected chi connectivity index (χ3v) is 8.68. The Morgan fingerprint density at radius 2 is 1.74 bits per heavy atom. The van der Waals surface area contributed by atoms with E-state index < -0.39 is 14.4 Å². The predicted molar refractivity (Wildman–Crippen MR) is 84.2 cm³/mol. The van der Waals surface area contributed by atoms with Gasteiger partial charge in [0, 0.05) is 10.6 Å². The van der Waals surface area contributed by atoms with Gasteiger partial charge in [-0.2, -0.15) is 0 Å². The fourth-order valence-corrected chi connectivity index (χ4v) is 3.18. The topological polar surface area (TPSA) is 29.5 Å². The van der Waals surface area contributed by atoms with Crippen LogP contribution in [0, 0.1) is 0 Å². The van der Waals surface area contributed by atoms with Gasteiger partial charge in [0.25, 0.3) is 0 Å². The van der Waals surface area contributed by atoms with Gasteiger partial charge in [-0.05, 0) is 31.1 Å². The molecule has 0 aliphatic rings. The molecule has 0 spiro atoms. The molecular weight excluding hydrogens is 276 g/mol. The molecular formula is C15H25ClO2Si. The molecule has 0 aliphatic carbocycles. The van der Waals surface area contributed by atoms with Crippen LogP contribution in [0.25, 0.3) is 0 Å². The van der Waals surface area contributed by atoms with Crippen molar-refractivity contribution in [1.82, 2.24) is 0 Å². The highest BCUT2D eigenvalue weighted by Crippen LogP contribution is 2.41. The highest BCUT2D eigenvalue weighted by molar-refractivity contribution is 6.74. The van der Waals surface area contributed by atoms with Crippen molar-refractivity contribution in [2.24, 2.45) is 0 Å². The quantitative estimate of drug-likeness (QED) is 0.811. The normalized spacial score (nSPS) is 16.2. The molecule has 2 atom stereocenters. The summed E-state index contributed by atoms with van der Waals surface area (Å²) in [7, 11) is -1.96. The maximum Gasteiger partial charge on any atom is 0.193 e. The van der Waals surface area contributed by atoms with E-state index in [2.05, 4.69) is 33.9 Å². The Morgan fingerprint density at radius 3 is 2.16 bits per heavy atom. The molecule has 1 N–H and O–H groups in total. The van der Waals surface area contributed by atoms with Gasteiger partial charge >= 0.3 is 0 Å². The second-order valence-electron chi connectivity index (χ2n) is 6.56. The molecule has 0 heterocycles. The average molecular weight is 301 g/mol. The first-order valence-electron chi connectivity index (χ1n) is 6.66. The van der Waals surface area contributed by atoms with Crippen LogP contribution in [0.15, 0.2) is 24.3 Å². The Labute approximate surface area is 122 Å². The number of hydrogen-bond donors (Lipinski definition) is 1. The summed E-state index contributed by atoms with van der Waals surface area (Å²) >= 11 is 6.23. The van der Waals surface area contributed by atoms with Gasteiger partial charge in [-0.25, -0.2) is 0 Å². The molecule has 1 rings (SSSR count). The highest BCUT2D eigenvalue weighted by Gasteiger charge is 2.40. The Balaban J connectivity index is 3.08. The van der Waals surface area contributed by atoms with E-state index in [-0.39, 0.29) is 11.1 Å². The van der Waals surface area contributed by atoms with Crippen LogP contribution >= 0.6 is 11.6 Å². The molecule has 0 amide bonds. The van der Waals surface area contributed by atoms with Crippen LogP contribution in [0.4, 0.5) is 0 Å². The minimum absolute atomic E-state index is 0.0986. The van der Waals surface area contributed by atoms with Crippen LogP contribution in [0.2, 0.25) is 23.2 Å². The second kappa shape index (κ2) is 5.96. The van der Waals surface area contributed by atoms with Crippen molar-refractivity contribution in [3.63, 3.8) is 0 Å². The predicted octanol–water partition coefficient (Wildman–Crippen LogP) is 4.78. The lowest BCUT2D eigenvalue weighted by molar-refractivity contribution is 0.0386. The molecule has 19 heavy (non-hydrogen) atoms. The largest absolute Gasteiger partial charge is 0.407 e. The van der Waals surface area contributed by atoms with Gasteiger partial charge in [-0.1, -0.05) is 50.6 Å². The molecule has 0 aromatic heterocycles. The molecule has 4 heteroatoms. The Hall–Kier alpha value is -0.353. The number of hydrogen-bond acceptors (Lipinski definition) is 2. The van der Waals surface area contributed by atoms with E-state index in [9.17, 15) is 5.11 Å². The lowest BCUT2D eigenvalue weighted by Crippen LogP contribution is -2.43. The molecule has 0 fully saturated rings. The standard InChI is InChI=1S/C15H25ClO2Si/c1-11(17)14(12-9-7-8-10-13(12)16)18-19(5,6)15(2,3)4/h7-11,14,17H,1-6H3/t11-,14-/m0/s1. The summed E-state index contributed by atoms with van der Waals surface area (Å²) < 4.78 is 6.34. The van der Waals surface area contributed by atoms with Crippen molar-refractivity contribution >= 4 is 19.9 Å². The van der Waals surface area contributed by atoms with Crippen LogP contribution in [0.3, 0.4) is 0 Å². The first-order chi connectivity index (χ1) is 8.56. The van der Waals surface area contributed by atoms with Gasteiger partial charge in [-0.3, -0.25) is 0 Å². The number of rotatable bonds is 4. The molecule has 0 radical (unpaired) electrons. The third-order valence-electron chi connectivity index (χ3n) is 3.88. The lowest BCUT2D eigenvalue weighted by Gasteiger charge is -2.40. The van der Waals surface area contributed by atoms with Crippen molar-refractivity contribution in [1.29, 1.82) is 0 Å². The van der Waals surface area contributed by atoms with Gasteiger partial charge in [0.1, 0.15) is 0 Å². The van der Waals surface area contributed by atoms with E-state index in [0.717, 1.165) is 5.56 Å².